The van der Waals surface area contributed by atoms with Gasteiger partial charge in [-0.15, -0.1) is 10.2 Å². The first-order chi connectivity index (χ1) is 13.6. The van der Waals surface area contributed by atoms with Gasteiger partial charge in [0.1, 0.15) is 0 Å². The lowest BCUT2D eigenvalue weighted by Crippen LogP contribution is -2.21. The number of carbonyl (C=O) groups excluding carboxylic acids is 2. The van der Waals surface area contributed by atoms with Gasteiger partial charge in [0.25, 0.3) is 0 Å². The molecule has 28 heavy (non-hydrogen) atoms. The highest BCUT2D eigenvalue weighted by Gasteiger charge is 2.16. The minimum absolute atomic E-state index is 0.263. The predicted molar refractivity (Wildman–Crippen MR) is 109 cm³/mol. The Hall–Kier alpha value is -3.46. The number of esters is 1. The van der Waals surface area contributed by atoms with Crippen LogP contribution in [0.4, 0.5) is 26.4 Å². The van der Waals surface area contributed by atoms with Crippen LogP contribution in [-0.4, -0.2) is 35.9 Å². The van der Waals surface area contributed by atoms with Crippen molar-refractivity contribution in [1.29, 1.82) is 0 Å². The molecule has 0 atom stereocenters. The number of aromatic nitrogens is 2. The third-order valence-corrected chi connectivity index (χ3v) is 4.69. The fourth-order valence-corrected chi connectivity index (χ4v) is 3.37. The molecule has 0 aliphatic carbocycles. The summed E-state index contributed by atoms with van der Waals surface area (Å²) in [5, 5.41) is 14.5. The van der Waals surface area contributed by atoms with Crippen molar-refractivity contribution < 1.29 is 14.3 Å². The number of ether oxygens (including phenoxy) is 1. The molecule has 9 heteroatoms. The third-order valence-electron chi connectivity index (χ3n) is 3.83. The van der Waals surface area contributed by atoms with Crippen LogP contribution in [0.25, 0.3) is 0 Å². The van der Waals surface area contributed by atoms with Gasteiger partial charge in [0.2, 0.25) is 10.3 Å². The third kappa shape index (κ3) is 4.44. The van der Waals surface area contributed by atoms with Crippen molar-refractivity contribution in [1.82, 2.24) is 10.2 Å². The van der Waals surface area contributed by atoms with Crippen LogP contribution in [0.2, 0.25) is 0 Å². The Balaban J connectivity index is 1.70. The van der Waals surface area contributed by atoms with Crippen LogP contribution in [0.1, 0.15) is 17.3 Å². The number of hydrogen-bond acceptors (Lipinski definition) is 7. The molecule has 0 fully saturated rings. The predicted octanol–water partition coefficient (Wildman–Crippen LogP) is 4.13. The number of anilines is 4. The lowest BCUT2D eigenvalue weighted by Gasteiger charge is -2.18. The summed E-state index contributed by atoms with van der Waals surface area (Å²) in [7, 11) is 1.29. The number of hydrogen-bond donors (Lipinski definition) is 2. The van der Waals surface area contributed by atoms with Crippen molar-refractivity contribution in [3.8, 4) is 0 Å². The first-order valence-corrected chi connectivity index (χ1v) is 9.35. The standard InChI is InChI=1S/C19H19N5O3S/c1-3-24(13-9-5-4-6-10-13)19-23-22-18(28-19)21-17(26)20-15-12-8-7-11-14(15)16(25)27-2/h4-12H,3H2,1-2H3,(H2,20,21,22,26). The van der Waals surface area contributed by atoms with E-state index in [1.807, 2.05) is 42.2 Å². The second kappa shape index (κ2) is 8.96. The molecule has 144 valence electrons. The monoisotopic (exact) mass is 397 g/mol. The summed E-state index contributed by atoms with van der Waals surface area (Å²) in [4.78, 5) is 26.1. The second-order valence-electron chi connectivity index (χ2n) is 5.59. The number of benzene rings is 2. The second-order valence-corrected chi connectivity index (χ2v) is 6.54. The molecule has 1 aromatic heterocycles. The van der Waals surface area contributed by atoms with E-state index in [2.05, 4.69) is 20.8 Å². The fraction of sp³-hybridized carbons (Fsp3) is 0.158. The molecule has 0 aliphatic heterocycles. The summed E-state index contributed by atoms with van der Waals surface area (Å²) < 4.78 is 4.72. The topological polar surface area (TPSA) is 96.5 Å². The molecule has 8 nitrogen and oxygen atoms in total. The molecular weight excluding hydrogens is 378 g/mol. The van der Waals surface area contributed by atoms with Gasteiger partial charge in [-0.25, -0.2) is 9.59 Å². The maximum absolute atomic E-state index is 12.3. The Bertz CT molecular complexity index is 961. The van der Waals surface area contributed by atoms with Crippen LogP contribution >= 0.6 is 11.3 Å². The Morgan fingerprint density at radius 3 is 2.46 bits per heavy atom. The summed E-state index contributed by atoms with van der Waals surface area (Å²) in [5.41, 5.74) is 1.60. The fourth-order valence-electron chi connectivity index (χ4n) is 2.54. The minimum Gasteiger partial charge on any atom is -0.465 e. The highest BCUT2D eigenvalue weighted by molar-refractivity contribution is 7.19. The molecule has 0 aliphatic rings. The van der Waals surface area contributed by atoms with Gasteiger partial charge in [0.05, 0.1) is 18.4 Å². The average Bonchev–Trinajstić information content (AvgIpc) is 3.17. The number of rotatable bonds is 6. The molecule has 3 rings (SSSR count). The van der Waals surface area contributed by atoms with E-state index in [0.717, 1.165) is 5.69 Å². The largest absolute Gasteiger partial charge is 0.465 e. The van der Waals surface area contributed by atoms with E-state index in [1.54, 1.807) is 24.3 Å². The van der Waals surface area contributed by atoms with E-state index in [4.69, 9.17) is 4.74 Å². The molecule has 0 bridgehead atoms. The van der Waals surface area contributed by atoms with Crippen molar-refractivity contribution >= 4 is 45.0 Å². The van der Waals surface area contributed by atoms with Crippen LogP contribution in [0, 0.1) is 0 Å². The van der Waals surface area contributed by atoms with Crippen molar-refractivity contribution in [2.45, 2.75) is 6.92 Å². The van der Waals surface area contributed by atoms with Crippen LogP contribution < -0.4 is 15.5 Å². The van der Waals surface area contributed by atoms with E-state index in [-0.39, 0.29) is 5.56 Å². The highest BCUT2D eigenvalue weighted by atomic mass is 32.1. The van der Waals surface area contributed by atoms with Crippen molar-refractivity contribution in [3.63, 3.8) is 0 Å². The number of urea groups is 1. The molecule has 2 N–H and O–H groups in total. The number of amides is 2. The molecule has 0 saturated heterocycles. The number of carbonyl (C=O) groups is 2. The van der Waals surface area contributed by atoms with Crippen LogP contribution in [0.3, 0.4) is 0 Å². The first kappa shape index (κ1) is 19.3. The molecule has 0 spiro atoms. The van der Waals surface area contributed by atoms with Gasteiger partial charge in [-0.1, -0.05) is 41.7 Å². The molecule has 0 radical (unpaired) electrons. The first-order valence-electron chi connectivity index (χ1n) is 8.53. The zero-order valence-corrected chi connectivity index (χ0v) is 16.2. The zero-order chi connectivity index (χ0) is 19.9. The molecular formula is C19H19N5O3S. The number of nitrogens with one attached hydrogen (secondary N) is 2. The van der Waals surface area contributed by atoms with Crippen LogP contribution in [0.15, 0.2) is 54.6 Å². The van der Waals surface area contributed by atoms with Crippen molar-refractivity contribution in [2.75, 3.05) is 29.2 Å². The summed E-state index contributed by atoms with van der Waals surface area (Å²) in [6.07, 6.45) is 0. The summed E-state index contributed by atoms with van der Waals surface area (Å²) in [5.74, 6) is -0.532. The van der Waals surface area contributed by atoms with Gasteiger partial charge in [-0.3, -0.25) is 5.32 Å². The van der Waals surface area contributed by atoms with E-state index in [9.17, 15) is 9.59 Å². The van der Waals surface area contributed by atoms with Gasteiger partial charge >= 0.3 is 12.0 Å². The molecule has 2 amide bonds. The maximum atomic E-state index is 12.3. The van der Waals surface area contributed by atoms with Crippen LogP contribution in [0.5, 0.6) is 0 Å². The van der Waals surface area contributed by atoms with Gasteiger partial charge < -0.3 is 15.0 Å². The Morgan fingerprint density at radius 1 is 1.04 bits per heavy atom. The molecule has 0 unspecified atom stereocenters. The van der Waals surface area contributed by atoms with Gasteiger partial charge in [0.15, 0.2) is 0 Å². The smallest absolute Gasteiger partial charge is 0.339 e. The summed E-state index contributed by atoms with van der Waals surface area (Å²) in [6, 6.07) is 15.9. The molecule has 3 aromatic rings. The van der Waals surface area contributed by atoms with E-state index in [0.29, 0.717) is 22.5 Å². The lowest BCUT2D eigenvalue weighted by atomic mass is 10.2. The molecule has 2 aromatic carbocycles. The normalized spacial score (nSPS) is 10.2. The zero-order valence-electron chi connectivity index (χ0n) is 15.4. The van der Waals surface area contributed by atoms with Crippen molar-refractivity contribution in [2.24, 2.45) is 0 Å². The summed E-state index contributed by atoms with van der Waals surface area (Å²) in [6.45, 7) is 2.72. The van der Waals surface area contributed by atoms with E-state index < -0.39 is 12.0 Å². The number of methoxy groups -OCH3 is 1. The average molecular weight is 397 g/mol. The number of nitrogens with zero attached hydrogens (tertiary/aromatic N) is 3. The lowest BCUT2D eigenvalue weighted by molar-refractivity contribution is 0.0602. The van der Waals surface area contributed by atoms with Gasteiger partial charge in [-0.05, 0) is 31.2 Å². The Labute approximate surface area is 166 Å². The Morgan fingerprint density at radius 2 is 1.75 bits per heavy atom. The SMILES string of the molecule is CCN(c1ccccc1)c1nnc(NC(=O)Nc2ccccc2C(=O)OC)s1. The number of para-hydroxylation sites is 2. The highest BCUT2D eigenvalue weighted by Crippen LogP contribution is 2.30. The molecule has 0 saturated carbocycles. The van der Waals surface area contributed by atoms with E-state index in [1.165, 1.54) is 18.4 Å². The maximum Gasteiger partial charge on any atom is 0.339 e. The van der Waals surface area contributed by atoms with Gasteiger partial charge in [-0.2, -0.15) is 0 Å². The Kier molecular flexibility index (Phi) is 6.18. The summed E-state index contributed by atoms with van der Waals surface area (Å²) >= 11 is 1.25. The molecule has 1 heterocycles. The van der Waals surface area contributed by atoms with Crippen LogP contribution in [-0.2, 0) is 4.74 Å². The van der Waals surface area contributed by atoms with Crippen molar-refractivity contribution in [3.05, 3.63) is 60.2 Å². The van der Waals surface area contributed by atoms with Gasteiger partial charge in [0, 0.05) is 12.2 Å². The quantitative estimate of drug-likeness (QED) is 0.607. The minimum atomic E-state index is -0.532. The van der Waals surface area contributed by atoms with E-state index >= 15 is 0 Å².